The van der Waals surface area contributed by atoms with Gasteiger partial charge in [-0.25, -0.2) is 8.42 Å². The summed E-state index contributed by atoms with van der Waals surface area (Å²) in [4.78, 5) is 2.62. The van der Waals surface area contributed by atoms with Crippen LogP contribution >= 0.6 is 12.2 Å². The van der Waals surface area contributed by atoms with Gasteiger partial charge in [0.2, 0.25) is 10.0 Å². The Bertz CT molecular complexity index is 597. The van der Waals surface area contributed by atoms with Crippen molar-refractivity contribution in [1.29, 1.82) is 0 Å². The molecule has 0 aromatic heterocycles. The van der Waals surface area contributed by atoms with E-state index in [0.717, 1.165) is 6.42 Å². The molecule has 0 amide bonds. The number of rotatable bonds is 4. The molecule has 1 aliphatic heterocycles. The highest BCUT2D eigenvalue weighted by Crippen LogP contribution is 2.23. The van der Waals surface area contributed by atoms with Crippen LogP contribution in [0.1, 0.15) is 12.0 Å². The maximum absolute atomic E-state index is 12.5. The Morgan fingerprint density at radius 1 is 1.35 bits per heavy atom. The van der Waals surface area contributed by atoms with E-state index in [9.17, 15) is 8.42 Å². The molecule has 1 aromatic carbocycles. The van der Waals surface area contributed by atoms with Crippen molar-refractivity contribution in [3.63, 3.8) is 0 Å². The number of hydrogen-bond donors (Lipinski definition) is 1. The van der Waals surface area contributed by atoms with Crippen LogP contribution in [0.25, 0.3) is 0 Å². The van der Waals surface area contributed by atoms with Crippen LogP contribution in [0, 0.1) is 0 Å². The highest BCUT2D eigenvalue weighted by Gasteiger charge is 2.33. The molecule has 0 bridgehead atoms. The van der Waals surface area contributed by atoms with E-state index in [2.05, 4.69) is 4.90 Å². The molecule has 0 saturated carbocycles. The molecule has 0 radical (unpaired) electrons. The van der Waals surface area contributed by atoms with Gasteiger partial charge in [0, 0.05) is 24.7 Å². The Morgan fingerprint density at radius 3 is 2.40 bits per heavy atom. The molecule has 7 heteroatoms. The van der Waals surface area contributed by atoms with Gasteiger partial charge in [0.25, 0.3) is 0 Å². The van der Waals surface area contributed by atoms with Crippen molar-refractivity contribution in [1.82, 2.24) is 9.21 Å². The maximum Gasteiger partial charge on any atom is 0.243 e. The van der Waals surface area contributed by atoms with E-state index in [1.165, 1.54) is 4.31 Å². The van der Waals surface area contributed by atoms with Crippen molar-refractivity contribution in [2.24, 2.45) is 5.73 Å². The summed E-state index contributed by atoms with van der Waals surface area (Å²) in [5.74, 6) is 0. The summed E-state index contributed by atoms with van der Waals surface area (Å²) in [5, 5.41) is 0. The Morgan fingerprint density at radius 2 is 1.95 bits per heavy atom. The zero-order valence-corrected chi connectivity index (χ0v) is 13.2. The van der Waals surface area contributed by atoms with Gasteiger partial charge in [-0.15, -0.1) is 0 Å². The van der Waals surface area contributed by atoms with Crippen molar-refractivity contribution in [2.75, 3.05) is 27.2 Å². The zero-order chi connectivity index (χ0) is 14.9. The third-order valence-corrected chi connectivity index (χ3v) is 5.75. The lowest BCUT2D eigenvalue weighted by Crippen LogP contribution is -2.34. The lowest BCUT2D eigenvalue weighted by Gasteiger charge is -2.20. The Labute approximate surface area is 125 Å². The lowest BCUT2D eigenvalue weighted by molar-refractivity contribution is 0.302. The van der Waals surface area contributed by atoms with Crippen molar-refractivity contribution >= 4 is 27.2 Å². The predicted molar refractivity (Wildman–Crippen MR) is 83.2 cm³/mol. The second-order valence-electron chi connectivity index (χ2n) is 5.16. The van der Waals surface area contributed by atoms with Crippen molar-refractivity contribution < 1.29 is 8.42 Å². The molecule has 0 spiro atoms. The topological polar surface area (TPSA) is 66.6 Å². The van der Waals surface area contributed by atoms with Gasteiger partial charge in [-0.1, -0.05) is 24.4 Å². The van der Waals surface area contributed by atoms with Crippen LogP contribution in [0.2, 0.25) is 0 Å². The molecule has 0 aliphatic carbocycles. The molecule has 1 saturated heterocycles. The van der Waals surface area contributed by atoms with E-state index in [-0.39, 0.29) is 15.9 Å². The molecule has 2 rings (SSSR count). The molecule has 1 heterocycles. The summed E-state index contributed by atoms with van der Waals surface area (Å²) < 4.78 is 26.6. The summed E-state index contributed by atoms with van der Waals surface area (Å²) in [6, 6.07) is 6.70. The molecule has 1 fully saturated rings. The number of nitrogens with two attached hydrogens (primary N) is 1. The quantitative estimate of drug-likeness (QED) is 0.827. The lowest BCUT2D eigenvalue weighted by atomic mass is 10.2. The molecule has 1 aliphatic rings. The second-order valence-corrected chi connectivity index (χ2v) is 7.54. The Balaban J connectivity index is 2.21. The van der Waals surface area contributed by atoms with Gasteiger partial charge in [-0.2, -0.15) is 4.31 Å². The number of sulfonamides is 1. The molecule has 1 atom stereocenters. The summed E-state index contributed by atoms with van der Waals surface area (Å²) >= 11 is 4.86. The predicted octanol–water partition coefficient (Wildman–Crippen LogP) is 0.645. The van der Waals surface area contributed by atoms with Crippen LogP contribution in [0.15, 0.2) is 29.2 Å². The molecular weight excluding hydrogens is 294 g/mol. The summed E-state index contributed by atoms with van der Waals surface area (Å²) in [6.07, 6.45) is 0.858. The molecule has 20 heavy (non-hydrogen) atoms. The van der Waals surface area contributed by atoms with E-state index in [1.807, 2.05) is 14.1 Å². The van der Waals surface area contributed by atoms with Gasteiger partial charge in [0.1, 0.15) is 4.99 Å². The largest absolute Gasteiger partial charge is 0.389 e. The van der Waals surface area contributed by atoms with Gasteiger partial charge in [-0.3, -0.25) is 0 Å². The normalized spacial score (nSPS) is 20.4. The Kier molecular flexibility index (Phi) is 4.43. The first kappa shape index (κ1) is 15.4. The number of hydrogen-bond acceptors (Lipinski definition) is 4. The van der Waals surface area contributed by atoms with Crippen molar-refractivity contribution in [2.45, 2.75) is 17.4 Å². The number of thiocarbonyl (C=S) groups is 1. The van der Waals surface area contributed by atoms with Crippen LogP contribution in [0.4, 0.5) is 0 Å². The minimum Gasteiger partial charge on any atom is -0.389 e. The van der Waals surface area contributed by atoms with E-state index in [0.29, 0.717) is 18.7 Å². The third-order valence-electron chi connectivity index (χ3n) is 3.63. The summed E-state index contributed by atoms with van der Waals surface area (Å²) in [5.41, 5.74) is 6.19. The number of benzene rings is 1. The smallest absolute Gasteiger partial charge is 0.243 e. The summed E-state index contributed by atoms with van der Waals surface area (Å²) in [7, 11) is 0.515. The van der Waals surface area contributed by atoms with Crippen molar-refractivity contribution in [3.8, 4) is 0 Å². The molecule has 1 unspecified atom stereocenters. The highest BCUT2D eigenvalue weighted by molar-refractivity contribution is 7.89. The zero-order valence-electron chi connectivity index (χ0n) is 11.6. The van der Waals surface area contributed by atoms with Gasteiger partial charge in [0.05, 0.1) is 4.90 Å². The van der Waals surface area contributed by atoms with E-state index < -0.39 is 10.0 Å². The third kappa shape index (κ3) is 3.01. The average Bonchev–Trinajstić information content (AvgIpc) is 2.89. The Hall–Kier alpha value is -1.02. The minimum absolute atomic E-state index is 0.266. The SMILES string of the molecule is CN(C)C1CCN(S(=O)(=O)c2ccc(C(N)=S)cc2)C1. The molecule has 110 valence electrons. The first-order valence-electron chi connectivity index (χ1n) is 6.39. The highest BCUT2D eigenvalue weighted by atomic mass is 32.2. The fraction of sp³-hybridized carbons (Fsp3) is 0.462. The maximum atomic E-state index is 12.5. The second kappa shape index (κ2) is 5.77. The number of likely N-dealkylation sites (N-methyl/N-ethyl adjacent to an activating group) is 1. The fourth-order valence-corrected chi connectivity index (χ4v) is 3.92. The van der Waals surface area contributed by atoms with E-state index >= 15 is 0 Å². The van der Waals surface area contributed by atoms with Gasteiger partial charge < -0.3 is 10.6 Å². The standard InChI is InChI=1S/C13H19N3O2S2/c1-15(2)11-7-8-16(9-11)20(17,18)12-5-3-10(4-6-12)13(14)19/h3-6,11H,7-9H2,1-2H3,(H2,14,19). The first-order valence-corrected chi connectivity index (χ1v) is 8.23. The van der Waals surface area contributed by atoms with Gasteiger partial charge in [-0.05, 0) is 32.6 Å². The van der Waals surface area contributed by atoms with E-state index in [1.54, 1.807) is 24.3 Å². The fourth-order valence-electron chi connectivity index (χ4n) is 2.29. The van der Waals surface area contributed by atoms with Gasteiger partial charge >= 0.3 is 0 Å². The minimum atomic E-state index is -3.43. The molecular formula is C13H19N3O2S2. The van der Waals surface area contributed by atoms with Crippen LogP contribution < -0.4 is 5.73 Å². The first-order chi connectivity index (χ1) is 9.32. The van der Waals surface area contributed by atoms with Crippen molar-refractivity contribution in [3.05, 3.63) is 29.8 Å². The molecule has 1 aromatic rings. The molecule has 5 nitrogen and oxygen atoms in total. The number of nitrogens with zero attached hydrogens (tertiary/aromatic N) is 2. The van der Waals surface area contributed by atoms with Crippen LogP contribution in [-0.4, -0.2) is 55.8 Å². The summed E-state index contributed by atoms with van der Waals surface area (Å²) in [6.45, 7) is 1.09. The monoisotopic (exact) mass is 313 g/mol. The molecule has 2 N–H and O–H groups in total. The van der Waals surface area contributed by atoms with Gasteiger partial charge in [0.15, 0.2) is 0 Å². The van der Waals surface area contributed by atoms with Crippen LogP contribution in [0.3, 0.4) is 0 Å². The van der Waals surface area contributed by atoms with Crippen LogP contribution in [0.5, 0.6) is 0 Å². The van der Waals surface area contributed by atoms with Crippen LogP contribution in [-0.2, 0) is 10.0 Å². The van der Waals surface area contributed by atoms with E-state index in [4.69, 9.17) is 18.0 Å². The average molecular weight is 313 g/mol.